The summed E-state index contributed by atoms with van der Waals surface area (Å²) in [5, 5.41) is 0. The number of rotatable bonds is 3. The predicted molar refractivity (Wildman–Crippen MR) is 53.5 cm³/mol. The van der Waals surface area contributed by atoms with Crippen LogP contribution in [0, 0.1) is 5.92 Å². The first kappa shape index (κ1) is 9.47. The standard InChI is InChI=1S/C11H21NO/c12-11(5-1-6-11)7-2-10-3-8-13-9-4-10/h10H,1-9,12H2. The van der Waals surface area contributed by atoms with Crippen LogP contribution in [0.2, 0.25) is 0 Å². The molecule has 0 aromatic carbocycles. The molecule has 1 heterocycles. The van der Waals surface area contributed by atoms with Crippen molar-refractivity contribution in [1.29, 1.82) is 0 Å². The van der Waals surface area contributed by atoms with Gasteiger partial charge >= 0.3 is 0 Å². The van der Waals surface area contributed by atoms with E-state index in [1.54, 1.807) is 0 Å². The Morgan fingerprint density at radius 1 is 1.23 bits per heavy atom. The molecule has 13 heavy (non-hydrogen) atoms. The van der Waals surface area contributed by atoms with Crippen LogP contribution < -0.4 is 5.73 Å². The molecule has 0 aromatic rings. The van der Waals surface area contributed by atoms with Crippen LogP contribution >= 0.6 is 0 Å². The van der Waals surface area contributed by atoms with E-state index in [1.807, 2.05) is 0 Å². The van der Waals surface area contributed by atoms with Gasteiger partial charge in [0.25, 0.3) is 0 Å². The van der Waals surface area contributed by atoms with Gasteiger partial charge in [-0.05, 0) is 50.9 Å². The molecule has 2 fully saturated rings. The van der Waals surface area contributed by atoms with Crippen LogP contribution in [0.25, 0.3) is 0 Å². The predicted octanol–water partition coefficient (Wildman–Crippen LogP) is 2.07. The van der Waals surface area contributed by atoms with Gasteiger partial charge in [-0.25, -0.2) is 0 Å². The first-order valence-corrected chi connectivity index (χ1v) is 5.65. The summed E-state index contributed by atoms with van der Waals surface area (Å²) >= 11 is 0. The molecule has 1 aliphatic carbocycles. The lowest BCUT2D eigenvalue weighted by Gasteiger charge is -2.39. The van der Waals surface area contributed by atoms with E-state index in [0.29, 0.717) is 0 Å². The fourth-order valence-electron chi connectivity index (χ4n) is 2.41. The van der Waals surface area contributed by atoms with Crippen molar-refractivity contribution in [3.05, 3.63) is 0 Å². The van der Waals surface area contributed by atoms with Crippen LogP contribution in [0.5, 0.6) is 0 Å². The van der Waals surface area contributed by atoms with Crippen molar-refractivity contribution in [2.24, 2.45) is 11.7 Å². The second-order valence-electron chi connectivity index (χ2n) is 4.81. The second-order valence-corrected chi connectivity index (χ2v) is 4.81. The molecule has 0 atom stereocenters. The highest BCUT2D eigenvalue weighted by Crippen LogP contribution is 2.35. The minimum absolute atomic E-state index is 0.234. The number of ether oxygens (including phenoxy) is 1. The average molecular weight is 183 g/mol. The van der Waals surface area contributed by atoms with Gasteiger partial charge in [0.15, 0.2) is 0 Å². The smallest absolute Gasteiger partial charge is 0.0468 e. The average Bonchev–Trinajstić information content (AvgIpc) is 2.13. The van der Waals surface area contributed by atoms with Gasteiger partial charge < -0.3 is 10.5 Å². The minimum Gasteiger partial charge on any atom is -0.381 e. The molecule has 2 heteroatoms. The van der Waals surface area contributed by atoms with Crippen LogP contribution in [0.1, 0.15) is 44.9 Å². The summed E-state index contributed by atoms with van der Waals surface area (Å²) in [5.41, 5.74) is 6.42. The third kappa shape index (κ3) is 2.44. The van der Waals surface area contributed by atoms with Crippen LogP contribution in [0.15, 0.2) is 0 Å². The summed E-state index contributed by atoms with van der Waals surface area (Å²) in [7, 11) is 0. The number of nitrogens with two attached hydrogens (primary N) is 1. The lowest BCUT2D eigenvalue weighted by Crippen LogP contribution is -2.46. The van der Waals surface area contributed by atoms with Gasteiger partial charge in [-0.3, -0.25) is 0 Å². The first-order valence-electron chi connectivity index (χ1n) is 5.65. The van der Waals surface area contributed by atoms with E-state index in [0.717, 1.165) is 19.1 Å². The zero-order chi connectivity index (χ0) is 9.15. The summed E-state index contributed by atoms with van der Waals surface area (Å²) in [6.07, 6.45) is 8.97. The largest absolute Gasteiger partial charge is 0.381 e. The molecule has 2 rings (SSSR count). The summed E-state index contributed by atoms with van der Waals surface area (Å²) < 4.78 is 5.34. The van der Waals surface area contributed by atoms with Gasteiger partial charge in [-0.15, -0.1) is 0 Å². The topological polar surface area (TPSA) is 35.2 Å². The van der Waals surface area contributed by atoms with Crippen molar-refractivity contribution in [1.82, 2.24) is 0 Å². The van der Waals surface area contributed by atoms with Crippen LogP contribution in [-0.4, -0.2) is 18.8 Å². The maximum absolute atomic E-state index is 6.19. The van der Waals surface area contributed by atoms with Crippen LogP contribution in [0.4, 0.5) is 0 Å². The number of hydrogen-bond donors (Lipinski definition) is 1. The van der Waals surface area contributed by atoms with Gasteiger partial charge in [0.1, 0.15) is 0 Å². The minimum atomic E-state index is 0.234. The quantitative estimate of drug-likeness (QED) is 0.727. The van der Waals surface area contributed by atoms with Gasteiger partial charge in [0, 0.05) is 18.8 Å². The molecule has 0 spiro atoms. The van der Waals surface area contributed by atoms with Crippen molar-refractivity contribution in [3.63, 3.8) is 0 Å². The highest BCUT2D eigenvalue weighted by molar-refractivity contribution is 4.92. The van der Waals surface area contributed by atoms with E-state index in [9.17, 15) is 0 Å². The van der Waals surface area contributed by atoms with Crippen molar-refractivity contribution in [2.75, 3.05) is 13.2 Å². The van der Waals surface area contributed by atoms with E-state index in [2.05, 4.69) is 0 Å². The molecule has 0 bridgehead atoms. The van der Waals surface area contributed by atoms with Gasteiger partial charge in [-0.2, -0.15) is 0 Å². The van der Waals surface area contributed by atoms with E-state index in [4.69, 9.17) is 10.5 Å². The maximum atomic E-state index is 6.19. The first-order chi connectivity index (χ1) is 6.29. The molecule has 0 amide bonds. The lowest BCUT2D eigenvalue weighted by atomic mass is 9.73. The van der Waals surface area contributed by atoms with Crippen LogP contribution in [0.3, 0.4) is 0 Å². The zero-order valence-corrected chi connectivity index (χ0v) is 8.43. The van der Waals surface area contributed by atoms with Gasteiger partial charge in [0.05, 0.1) is 0 Å². The van der Waals surface area contributed by atoms with Gasteiger partial charge in [0.2, 0.25) is 0 Å². The Labute approximate surface area is 80.8 Å². The fourth-order valence-corrected chi connectivity index (χ4v) is 2.41. The third-order valence-electron chi connectivity index (χ3n) is 3.74. The van der Waals surface area contributed by atoms with E-state index < -0.39 is 0 Å². The Morgan fingerprint density at radius 3 is 2.46 bits per heavy atom. The third-order valence-corrected chi connectivity index (χ3v) is 3.74. The molecule has 0 unspecified atom stereocenters. The molecule has 2 aliphatic rings. The van der Waals surface area contributed by atoms with Crippen molar-refractivity contribution in [3.8, 4) is 0 Å². The molecule has 1 saturated carbocycles. The summed E-state index contributed by atoms with van der Waals surface area (Å²) in [6.45, 7) is 1.95. The van der Waals surface area contributed by atoms with Crippen molar-refractivity contribution in [2.45, 2.75) is 50.5 Å². The molecule has 1 saturated heterocycles. The Balaban J connectivity index is 1.66. The van der Waals surface area contributed by atoms with Crippen molar-refractivity contribution >= 4 is 0 Å². The molecule has 2 N–H and O–H groups in total. The lowest BCUT2D eigenvalue weighted by molar-refractivity contribution is 0.0586. The maximum Gasteiger partial charge on any atom is 0.0468 e. The molecular formula is C11H21NO. The Kier molecular flexibility index (Phi) is 2.89. The Hall–Kier alpha value is -0.0800. The SMILES string of the molecule is NC1(CCC2CCOCC2)CCC1. The van der Waals surface area contributed by atoms with E-state index in [1.165, 1.54) is 44.9 Å². The Bertz CT molecular complexity index is 159. The van der Waals surface area contributed by atoms with E-state index >= 15 is 0 Å². The highest BCUT2D eigenvalue weighted by Gasteiger charge is 2.32. The molecule has 76 valence electrons. The second kappa shape index (κ2) is 3.97. The summed E-state index contributed by atoms with van der Waals surface area (Å²) in [6, 6.07) is 0. The Morgan fingerprint density at radius 2 is 1.92 bits per heavy atom. The molecule has 0 radical (unpaired) electrons. The van der Waals surface area contributed by atoms with E-state index in [-0.39, 0.29) is 5.54 Å². The normalized spacial score (nSPS) is 28.4. The fraction of sp³-hybridized carbons (Fsp3) is 1.00. The monoisotopic (exact) mass is 183 g/mol. The van der Waals surface area contributed by atoms with Crippen molar-refractivity contribution < 1.29 is 4.74 Å². The molecule has 0 aromatic heterocycles. The molecule has 1 aliphatic heterocycles. The highest BCUT2D eigenvalue weighted by atomic mass is 16.5. The van der Waals surface area contributed by atoms with Gasteiger partial charge in [-0.1, -0.05) is 0 Å². The summed E-state index contributed by atoms with van der Waals surface area (Å²) in [5.74, 6) is 0.898. The molecule has 2 nitrogen and oxygen atoms in total. The number of hydrogen-bond acceptors (Lipinski definition) is 2. The van der Waals surface area contributed by atoms with Crippen LogP contribution in [-0.2, 0) is 4.74 Å². The summed E-state index contributed by atoms with van der Waals surface area (Å²) in [4.78, 5) is 0. The zero-order valence-electron chi connectivity index (χ0n) is 8.43. The molecular weight excluding hydrogens is 162 g/mol.